The van der Waals surface area contributed by atoms with E-state index >= 15 is 0 Å². The van der Waals surface area contributed by atoms with E-state index in [1.807, 2.05) is 19.1 Å². The van der Waals surface area contributed by atoms with E-state index in [2.05, 4.69) is 16.5 Å². The summed E-state index contributed by atoms with van der Waals surface area (Å²) in [5.41, 5.74) is 0.694. The van der Waals surface area contributed by atoms with Crippen molar-refractivity contribution < 1.29 is 14.3 Å². The van der Waals surface area contributed by atoms with Crippen molar-refractivity contribution in [2.24, 2.45) is 0 Å². The van der Waals surface area contributed by atoms with Crippen LogP contribution < -0.4 is 9.80 Å². The molecule has 1 aliphatic heterocycles. The normalized spacial score (nSPS) is 14.2. The van der Waals surface area contributed by atoms with Crippen LogP contribution in [-0.2, 0) is 14.3 Å². The summed E-state index contributed by atoms with van der Waals surface area (Å²) in [5, 5.41) is 0. The van der Waals surface area contributed by atoms with Gasteiger partial charge >= 0.3 is 0 Å². The number of carbonyl (C=O) groups excluding carboxylic acids is 2. The van der Waals surface area contributed by atoms with Crippen LogP contribution in [0.5, 0.6) is 0 Å². The molecule has 0 saturated carbocycles. The first-order valence-electron chi connectivity index (χ1n) is 8.03. The van der Waals surface area contributed by atoms with E-state index in [0.29, 0.717) is 25.4 Å². The van der Waals surface area contributed by atoms with Gasteiger partial charge in [-0.1, -0.05) is 6.58 Å². The molecule has 0 aliphatic carbocycles. The first-order valence-corrected chi connectivity index (χ1v) is 8.03. The Balaban J connectivity index is 2.00. The lowest BCUT2D eigenvalue weighted by Gasteiger charge is -2.28. The minimum atomic E-state index is -0.250. The number of hydrogen-bond acceptors (Lipinski definition) is 5. The number of pyridine rings is 1. The van der Waals surface area contributed by atoms with Gasteiger partial charge < -0.3 is 19.4 Å². The maximum Gasteiger partial charge on any atom is 0.246 e. The van der Waals surface area contributed by atoms with Crippen LogP contribution in [0.1, 0.15) is 6.92 Å². The van der Waals surface area contributed by atoms with E-state index < -0.39 is 0 Å². The molecule has 24 heavy (non-hydrogen) atoms. The van der Waals surface area contributed by atoms with Crippen LogP contribution in [-0.4, -0.2) is 68.1 Å². The van der Waals surface area contributed by atoms with Gasteiger partial charge in [0.1, 0.15) is 12.4 Å². The summed E-state index contributed by atoms with van der Waals surface area (Å²) in [6, 6.07) is 3.76. The van der Waals surface area contributed by atoms with E-state index in [-0.39, 0.29) is 18.4 Å². The number of hydrogen-bond donors (Lipinski definition) is 0. The molecular weight excluding hydrogens is 308 g/mol. The van der Waals surface area contributed by atoms with E-state index in [1.165, 1.54) is 15.9 Å². The number of anilines is 2. The monoisotopic (exact) mass is 332 g/mol. The fourth-order valence-electron chi connectivity index (χ4n) is 2.44. The Morgan fingerprint density at radius 2 is 2.08 bits per heavy atom. The highest BCUT2D eigenvalue weighted by Gasteiger charge is 2.18. The van der Waals surface area contributed by atoms with Crippen LogP contribution >= 0.6 is 0 Å². The van der Waals surface area contributed by atoms with Crippen molar-refractivity contribution in [1.82, 2.24) is 9.88 Å². The highest BCUT2D eigenvalue weighted by molar-refractivity contribution is 5.97. The maximum absolute atomic E-state index is 12.4. The van der Waals surface area contributed by atoms with Crippen molar-refractivity contribution in [2.45, 2.75) is 6.92 Å². The number of amides is 2. The van der Waals surface area contributed by atoms with E-state index in [1.54, 1.807) is 13.2 Å². The molecule has 1 fully saturated rings. The molecule has 0 unspecified atom stereocenters. The van der Waals surface area contributed by atoms with Gasteiger partial charge in [0.25, 0.3) is 0 Å². The molecule has 0 radical (unpaired) electrons. The van der Waals surface area contributed by atoms with Crippen LogP contribution in [0.4, 0.5) is 11.5 Å². The fraction of sp³-hybridized carbons (Fsp3) is 0.471. The SMILES string of the molecule is C=CC(=O)N(CC)CC(=O)N(C)c1ccc(N2CCOCC2)nc1. The second-order valence-electron chi connectivity index (χ2n) is 5.48. The van der Waals surface area contributed by atoms with E-state index in [9.17, 15) is 9.59 Å². The third-order valence-electron chi connectivity index (χ3n) is 4.02. The highest BCUT2D eigenvalue weighted by Crippen LogP contribution is 2.18. The number of carbonyl (C=O) groups is 2. The minimum absolute atomic E-state index is 0.0169. The predicted molar refractivity (Wildman–Crippen MR) is 93.1 cm³/mol. The Kier molecular flexibility index (Phi) is 6.31. The van der Waals surface area contributed by atoms with Gasteiger partial charge in [0, 0.05) is 26.7 Å². The molecule has 1 saturated heterocycles. The average Bonchev–Trinajstić information content (AvgIpc) is 2.65. The molecule has 7 nitrogen and oxygen atoms in total. The number of rotatable bonds is 6. The molecule has 0 atom stereocenters. The number of likely N-dealkylation sites (N-methyl/N-ethyl adjacent to an activating group) is 2. The van der Waals surface area contributed by atoms with Crippen molar-refractivity contribution in [3.63, 3.8) is 0 Å². The summed E-state index contributed by atoms with van der Waals surface area (Å²) < 4.78 is 5.33. The van der Waals surface area contributed by atoms with Gasteiger partial charge in [-0.15, -0.1) is 0 Å². The number of ether oxygens (including phenoxy) is 1. The van der Waals surface area contributed by atoms with Gasteiger partial charge in [-0.3, -0.25) is 9.59 Å². The smallest absolute Gasteiger partial charge is 0.246 e. The zero-order valence-electron chi connectivity index (χ0n) is 14.3. The molecule has 130 valence electrons. The van der Waals surface area contributed by atoms with Crippen molar-refractivity contribution in [2.75, 3.05) is 56.2 Å². The molecule has 1 aromatic heterocycles. The van der Waals surface area contributed by atoms with Gasteiger partial charge in [-0.05, 0) is 25.1 Å². The van der Waals surface area contributed by atoms with Gasteiger partial charge in [0.05, 0.1) is 25.1 Å². The first kappa shape index (κ1) is 17.9. The molecular formula is C17H24N4O3. The largest absolute Gasteiger partial charge is 0.378 e. The van der Waals surface area contributed by atoms with Crippen LogP contribution in [0.15, 0.2) is 31.0 Å². The van der Waals surface area contributed by atoms with Crippen LogP contribution in [0, 0.1) is 0 Å². The zero-order valence-corrected chi connectivity index (χ0v) is 14.3. The summed E-state index contributed by atoms with van der Waals surface area (Å²) in [5.74, 6) is 0.452. The number of nitrogens with zero attached hydrogens (tertiary/aromatic N) is 4. The Morgan fingerprint density at radius 3 is 2.62 bits per heavy atom. The van der Waals surface area contributed by atoms with Crippen molar-refractivity contribution in [1.29, 1.82) is 0 Å². The minimum Gasteiger partial charge on any atom is -0.378 e. The van der Waals surface area contributed by atoms with Crippen LogP contribution in [0.2, 0.25) is 0 Å². The molecule has 0 bridgehead atoms. The quantitative estimate of drug-likeness (QED) is 0.725. The Bertz CT molecular complexity index is 582. The second kappa shape index (κ2) is 8.44. The Morgan fingerprint density at radius 1 is 1.38 bits per heavy atom. The molecule has 1 aromatic rings. The molecule has 0 spiro atoms. The topological polar surface area (TPSA) is 66.0 Å². The molecule has 0 aromatic carbocycles. The summed E-state index contributed by atoms with van der Waals surface area (Å²) >= 11 is 0. The lowest BCUT2D eigenvalue weighted by atomic mass is 10.3. The Hall–Kier alpha value is -2.41. The fourth-order valence-corrected chi connectivity index (χ4v) is 2.44. The van der Waals surface area contributed by atoms with Gasteiger partial charge in [0.15, 0.2) is 0 Å². The van der Waals surface area contributed by atoms with Crippen molar-refractivity contribution in [3.05, 3.63) is 31.0 Å². The Labute approximate surface area is 142 Å². The van der Waals surface area contributed by atoms with E-state index in [4.69, 9.17) is 4.74 Å². The van der Waals surface area contributed by atoms with Crippen LogP contribution in [0.3, 0.4) is 0 Å². The molecule has 0 N–H and O–H groups in total. The standard InChI is InChI=1S/C17H24N4O3/c1-4-16(22)20(5-2)13-17(23)19(3)14-6-7-15(18-12-14)21-8-10-24-11-9-21/h4,6-7,12H,1,5,8-11,13H2,2-3H3. The van der Waals surface area contributed by atoms with Gasteiger partial charge in [-0.2, -0.15) is 0 Å². The van der Waals surface area contributed by atoms with Crippen molar-refractivity contribution in [3.8, 4) is 0 Å². The molecule has 2 amide bonds. The third-order valence-corrected chi connectivity index (χ3v) is 4.02. The summed E-state index contributed by atoms with van der Waals surface area (Å²) in [7, 11) is 1.68. The lowest BCUT2D eigenvalue weighted by molar-refractivity contribution is -0.131. The zero-order chi connectivity index (χ0) is 17.5. The predicted octanol–water partition coefficient (Wildman–Crippen LogP) is 0.915. The van der Waals surface area contributed by atoms with Gasteiger partial charge in [0.2, 0.25) is 11.8 Å². The van der Waals surface area contributed by atoms with E-state index in [0.717, 1.165) is 18.9 Å². The second-order valence-corrected chi connectivity index (χ2v) is 5.48. The number of morpholine rings is 1. The van der Waals surface area contributed by atoms with Crippen LogP contribution in [0.25, 0.3) is 0 Å². The maximum atomic E-state index is 12.4. The lowest BCUT2D eigenvalue weighted by Crippen LogP contribution is -2.41. The van der Waals surface area contributed by atoms with Gasteiger partial charge in [-0.25, -0.2) is 4.98 Å². The first-order chi connectivity index (χ1) is 11.6. The third kappa shape index (κ3) is 4.32. The molecule has 7 heteroatoms. The van der Waals surface area contributed by atoms with Crippen molar-refractivity contribution >= 4 is 23.3 Å². The highest BCUT2D eigenvalue weighted by atomic mass is 16.5. The summed E-state index contributed by atoms with van der Waals surface area (Å²) in [4.78, 5) is 33.6. The molecule has 2 heterocycles. The number of aromatic nitrogens is 1. The summed E-state index contributed by atoms with van der Waals surface area (Å²) in [6.45, 7) is 8.79. The summed E-state index contributed by atoms with van der Waals surface area (Å²) in [6.07, 6.45) is 2.89. The molecule has 2 rings (SSSR count). The average molecular weight is 332 g/mol. The molecule has 1 aliphatic rings.